The number of nitriles is 1. The van der Waals surface area contributed by atoms with E-state index in [1.807, 2.05) is 6.07 Å². The average Bonchev–Trinajstić information content (AvgIpc) is 2.41. The molecule has 0 aliphatic rings. The minimum atomic E-state index is -3.88. The molecule has 0 fully saturated rings. The molecule has 0 spiro atoms. The highest BCUT2D eigenvalue weighted by Crippen LogP contribution is 2.20. The second-order valence-electron chi connectivity index (χ2n) is 3.97. The van der Waals surface area contributed by atoms with Gasteiger partial charge in [0.15, 0.2) is 0 Å². The number of hydrogen-bond donors (Lipinski definition) is 0. The third-order valence-corrected chi connectivity index (χ3v) is 4.03. The highest BCUT2D eigenvalue weighted by Gasteiger charge is 2.16. The third-order valence-electron chi connectivity index (χ3n) is 2.51. The molecular weight excluding hydrogens is 298 g/mol. The minimum Gasteiger partial charge on any atom is -0.379 e. The summed E-state index contributed by atoms with van der Waals surface area (Å²) in [6, 6.07) is 14.1. The van der Waals surface area contributed by atoms with Crippen LogP contribution in [0.3, 0.4) is 0 Å². The van der Waals surface area contributed by atoms with E-state index >= 15 is 0 Å². The molecule has 0 unspecified atom stereocenters. The zero-order valence-electron chi connectivity index (χ0n) is 10.3. The molecule has 2 aromatic carbocycles. The molecule has 0 aliphatic heterocycles. The molecule has 0 radical (unpaired) electrons. The van der Waals surface area contributed by atoms with Gasteiger partial charge in [0, 0.05) is 5.02 Å². The summed E-state index contributed by atoms with van der Waals surface area (Å²) in [5.41, 5.74) is 0.795. The van der Waals surface area contributed by atoms with Crippen molar-refractivity contribution in [1.82, 2.24) is 0 Å². The second-order valence-corrected chi connectivity index (χ2v) is 5.95. The molecule has 0 aromatic heterocycles. The molecular formula is C14H10ClNO3S. The van der Waals surface area contributed by atoms with Crippen LogP contribution in [0.4, 0.5) is 0 Å². The number of hydrogen-bond acceptors (Lipinski definition) is 4. The predicted molar refractivity (Wildman–Crippen MR) is 75.0 cm³/mol. The fraction of sp³-hybridized carbons (Fsp3) is 0.0714. The summed E-state index contributed by atoms with van der Waals surface area (Å²) in [6.07, 6.45) is 0.268. The fourth-order valence-electron chi connectivity index (χ4n) is 1.53. The number of rotatable bonds is 4. The normalized spacial score (nSPS) is 10.8. The maximum absolute atomic E-state index is 12.0. The van der Waals surface area contributed by atoms with Crippen LogP contribution in [0.2, 0.25) is 5.02 Å². The van der Waals surface area contributed by atoms with Crippen molar-refractivity contribution in [2.75, 3.05) is 0 Å². The molecule has 0 saturated heterocycles. The van der Waals surface area contributed by atoms with Crippen molar-refractivity contribution in [3.63, 3.8) is 0 Å². The lowest BCUT2D eigenvalue weighted by Gasteiger charge is -2.07. The summed E-state index contributed by atoms with van der Waals surface area (Å²) in [5, 5.41) is 9.01. The van der Waals surface area contributed by atoms with Crippen molar-refractivity contribution in [2.45, 2.75) is 11.3 Å². The molecule has 102 valence electrons. The van der Waals surface area contributed by atoms with Gasteiger partial charge in [0.1, 0.15) is 10.6 Å². The van der Waals surface area contributed by atoms with Gasteiger partial charge in [-0.3, -0.25) is 0 Å². The highest BCUT2D eigenvalue weighted by atomic mass is 35.5. The van der Waals surface area contributed by atoms with Crippen molar-refractivity contribution in [3.8, 4) is 11.8 Å². The van der Waals surface area contributed by atoms with E-state index in [0.717, 1.165) is 5.56 Å². The van der Waals surface area contributed by atoms with Gasteiger partial charge >= 0.3 is 10.1 Å². The Kier molecular flexibility index (Phi) is 4.28. The Morgan fingerprint density at radius 1 is 1.05 bits per heavy atom. The summed E-state index contributed by atoms with van der Waals surface area (Å²) >= 11 is 5.71. The third kappa shape index (κ3) is 3.50. The average molecular weight is 308 g/mol. The van der Waals surface area contributed by atoms with Gasteiger partial charge in [-0.15, -0.1) is 0 Å². The Morgan fingerprint density at radius 2 is 1.65 bits per heavy atom. The number of benzene rings is 2. The maximum Gasteiger partial charge on any atom is 0.339 e. The molecule has 0 N–H and O–H groups in total. The monoisotopic (exact) mass is 307 g/mol. The van der Waals surface area contributed by atoms with Crippen molar-refractivity contribution < 1.29 is 12.6 Å². The van der Waals surface area contributed by atoms with Crippen LogP contribution < -0.4 is 4.18 Å². The maximum atomic E-state index is 12.0. The smallest absolute Gasteiger partial charge is 0.339 e. The van der Waals surface area contributed by atoms with E-state index in [1.54, 1.807) is 12.1 Å². The van der Waals surface area contributed by atoms with E-state index in [1.165, 1.54) is 36.4 Å². The Labute approximate surface area is 122 Å². The van der Waals surface area contributed by atoms with Crippen LogP contribution in [0.5, 0.6) is 5.75 Å². The molecule has 0 heterocycles. The van der Waals surface area contributed by atoms with Gasteiger partial charge in [0.05, 0.1) is 12.5 Å². The van der Waals surface area contributed by atoms with Gasteiger partial charge < -0.3 is 4.18 Å². The van der Waals surface area contributed by atoms with Crippen molar-refractivity contribution >= 4 is 21.7 Å². The summed E-state index contributed by atoms with van der Waals surface area (Å²) in [7, 11) is -3.88. The first kappa shape index (κ1) is 14.4. The van der Waals surface area contributed by atoms with E-state index in [0.29, 0.717) is 5.02 Å². The summed E-state index contributed by atoms with van der Waals surface area (Å²) in [4.78, 5) is 0.0306. The van der Waals surface area contributed by atoms with Crippen LogP contribution in [-0.2, 0) is 16.5 Å². The number of nitrogens with zero attached hydrogens (tertiary/aromatic N) is 1. The molecule has 4 nitrogen and oxygen atoms in total. The van der Waals surface area contributed by atoms with Crippen LogP contribution >= 0.6 is 11.6 Å². The second kappa shape index (κ2) is 5.95. The molecule has 20 heavy (non-hydrogen) atoms. The topological polar surface area (TPSA) is 67.2 Å². The van der Waals surface area contributed by atoms with Gasteiger partial charge in [0.2, 0.25) is 0 Å². The lowest BCUT2D eigenvalue weighted by molar-refractivity contribution is 0.486. The van der Waals surface area contributed by atoms with Gasteiger partial charge in [0.25, 0.3) is 0 Å². The first-order valence-corrected chi connectivity index (χ1v) is 7.46. The van der Waals surface area contributed by atoms with E-state index in [4.69, 9.17) is 21.0 Å². The zero-order valence-corrected chi connectivity index (χ0v) is 11.9. The van der Waals surface area contributed by atoms with Crippen LogP contribution in [0.25, 0.3) is 0 Å². The van der Waals surface area contributed by atoms with E-state index in [2.05, 4.69) is 0 Å². The van der Waals surface area contributed by atoms with Gasteiger partial charge in [-0.1, -0.05) is 23.7 Å². The van der Waals surface area contributed by atoms with E-state index in [-0.39, 0.29) is 17.1 Å². The Hall–Kier alpha value is -2.03. The first-order chi connectivity index (χ1) is 9.51. The summed E-state index contributed by atoms with van der Waals surface area (Å²) in [6.45, 7) is 0. The fourth-order valence-corrected chi connectivity index (χ4v) is 2.59. The Balaban J connectivity index is 2.20. The molecule has 0 aliphatic carbocycles. The largest absolute Gasteiger partial charge is 0.379 e. The SMILES string of the molecule is N#CCc1ccc(OS(=O)(=O)c2ccc(Cl)cc2)cc1. The molecule has 0 bridgehead atoms. The van der Waals surface area contributed by atoms with Crippen molar-refractivity contribution in [3.05, 3.63) is 59.1 Å². The van der Waals surface area contributed by atoms with E-state index < -0.39 is 10.1 Å². The molecule has 2 rings (SSSR count). The van der Waals surface area contributed by atoms with Gasteiger partial charge in [-0.25, -0.2) is 0 Å². The van der Waals surface area contributed by atoms with Crippen molar-refractivity contribution in [2.24, 2.45) is 0 Å². The Morgan fingerprint density at radius 3 is 2.20 bits per heavy atom. The minimum absolute atomic E-state index is 0.0306. The van der Waals surface area contributed by atoms with Crippen LogP contribution in [0.1, 0.15) is 5.56 Å². The van der Waals surface area contributed by atoms with Crippen LogP contribution in [0.15, 0.2) is 53.4 Å². The molecule has 0 saturated carbocycles. The highest BCUT2D eigenvalue weighted by molar-refractivity contribution is 7.87. The summed E-state index contributed by atoms with van der Waals surface area (Å²) < 4.78 is 29.0. The van der Waals surface area contributed by atoms with Crippen molar-refractivity contribution in [1.29, 1.82) is 5.26 Å². The molecule has 2 aromatic rings. The lowest BCUT2D eigenvalue weighted by atomic mass is 10.2. The molecule has 0 amide bonds. The standard InChI is InChI=1S/C14H10ClNO3S/c15-12-3-7-14(8-4-12)20(17,18)19-13-5-1-11(2-6-13)9-10-16/h1-8H,9H2. The Bertz CT molecular complexity index is 731. The summed E-state index contributed by atoms with van der Waals surface area (Å²) in [5.74, 6) is 0.196. The first-order valence-electron chi connectivity index (χ1n) is 5.67. The lowest BCUT2D eigenvalue weighted by Crippen LogP contribution is -2.09. The molecule has 6 heteroatoms. The number of halogens is 1. The van der Waals surface area contributed by atoms with Crippen LogP contribution in [0, 0.1) is 11.3 Å². The van der Waals surface area contributed by atoms with E-state index in [9.17, 15) is 8.42 Å². The molecule has 0 atom stereocenters. The van der Waals surface area contributed by atoms with Gasteiger partial charge in [-0.2, -0.15) is 13.7 Å². The van der Waals surface area contributed by atoms with Gasteiger partial charge in [-0.05, 0) is 42.0 Å². The quantitative estimate of drug-likeness (QED) is 0.814. The van der Waals surface area contributed by atoms with Crippen LogP contribution in [-0.4, -0.2) is 8.42 Å². The zero-order chi connectivity index (χ0) is 14.6. The predicted octanol–water partition coefficient (Wildman–Crippen LogP) is 3.17.